The van der Waals surface area contributed by atoms with E-state index in [1.807, 2.05) is 6.92 Å². The standard InChI is InChI=1S/C12H12BrFN4O2/c1-7-8(6-16-17(7)2)5-15-11-4-10(14)9(13)3-12(11)18(19)20/h3-4,6,15H,5H2,1-2H3. The van der Waals surface area contributed by atoms with Crippen molar-refractivity contribution in [3.63, 3.8) is 0 Å². The molecular weight excluding hydrogens is 331 g/mol. The van der Waals surface area contributed by atoms with Crippen molar-refractivity contribution in [2.24, 2.45) is 7.05 Å². The summed E-state index contributed by atoms with van der Waals surface area (Å²) in [6, 6.07) is 2.25. The van der Waals surface area contributed by atoms with Crippen LogP contribution in [0.4, 0.5) is 15.8 Å². The highest BCUT2D eigenvalue weighted by Gasteiger charge is 2.17. The summed E-state index contributed by atoms with van der Waals surface area (Å²) in [4.78, 5) is 10.4. The number of nitrogens with zero attached hydrogens (tertiary/aromatic N) is 3. The van der Waals surface area contributed by atoms with E-state index in [1.54, 1.807) is 17.9 Å². The number of benzene rings is 1. The number of nitrogens with one attached hydrogen (secondary N) is 1. The lowest BCUT2D eigenvalue weighted by atomic mass is 10.2. The van der Waals surface area contributed by atoms with Crippen LogP contribution in [0.25, 0.3) is 0 Å². The quantitative estimate of drug-likeness (QED) is 0.684. The molecule has 6 nitrogen and oxygen atoms in total. The van der Waals surface area contributed by atoms with E-state index in [0.717, 1.165) is 23.4 Å². The average Bonchev–Trinajstić information content (AvgIpc) is 2.71. The van der Waals surface area contributed by atoms with Crippen molar-refractivity contribution >= 4 is 27.3 Å². The van der Waals surface area contributed by atoms with Crippen molar-refractivity contribution in [1.29, 1.82) is 0 Å². The van der Waals surface area contributed by atoms with Gasteiger partial charge in [0.05, 0.1) is 15.6 Å². The minimum absolute atomic E-state index is 0.0623. The van der Waals surface area contributed by atoms with E-state index in [0.29, 0.717) is 6.54 Å². The minimum atomic E-state index is -0.555. The summed E-state index contributed by atoms with van der Waals surface area (Å²) in [5, 5.41) is 17.9. The second-order valence-electron chi connectivity index (χ2n) is 4.27. The molecule has 1 aromatic heterocycles. The summed E-state index contributed by atoms with van der Waals surface area (Å²) < 4.78 is 15.3. The highest BCUT2D eigenvalue weighted by atomic mass is 79.9. The van der Waals surface area contributed by atoms with Crippen molar-refractivity contribution in [3.8, 4) is 0 Å². The number of hydrogen-bond acceptors (Lipinski definition) is 4. The molecule has 0 atom stereocenters. The molecule has 0 aliphatic heterocycles. The maximum absolute atomic E-state index is 13.5. The Hall–Kier alpha value is -1.96. The predicted molar refractivity (Wildman–Crippen MR) is 76.0 cm³/mol. The number of aromatic nitrogens is 2. The van der Waals surface area contributed by atoms with Crippen LogP contribution in [0.5, 0.6) is 0 Å². The first-order valence-corrected chi connectivity index (χ1v) is 6.54. The Morgan fingerprint density at radius 2 is 2.25 bits per heavy atom. The number of hydrogen-bond donors (Lipinski definition) is 1. The van der Waals surface area contributed by atoms with Crippen LogP contribution in [-0.2, 0) is 13.6 Å². The molecule has 0 fully saturated rings. The molecule has 0 saturated heterocycles. The Morgan fingerprint density at radius 1 is 1.55 bits per heavy atom. The zero-order valence-corrected chi connectivity index (χ0v) is 12.4. The first-order chi connectivity index (χ1) is 9.40. The second-order valence-corrected chi connectivity index (χ2v) is 5.13. The molecule has 8 heteroatoms. The molecule has 106 valence electrons. The van der Waals surface area contributed by atoms with Crippen molar-refractivity contribution in [2.75, 3.05) is 5.32 Å². The van der Waals surface area contributed by atoms with Gasteiger partial charge in [0.1, 0.15) is 11.5 Å². The van der Waals surface area contributed by atoms with Crippen molar-refractivity contribution < 1.29 is 9.31 Å². The molecule has 2 rings (SSSR count). The average molecular weight is 343 g/mol. The number of nitro groups is 1. The lowest BCUT2D eigenvalue weighted by molar-refractivity contribution is -0.384. The van der Waals surface area contributed by atoms with Crippen LogP contribution in [0.15, 0.2) is 22.8 Å². The van der Waals surface area contributed by atoms with Gasteiger partial charge in [-0.1, -0.05) is 0 Å². The Labute approximate surface area is 122 Å². The molecule has 0 aliphatic rings. The van der Waals surface area contributed by atoms with Crippen LogP contribution in [0.2, 0.25) is 0 Å². The summed E-state index contributed by atoms with van der Waals surface area (Å²) in [7, 11) is 1.81. The van der Waals surface area contributed by atoms with Gasteiger partial charge in [-0.05, 0) is 22.9 Å². The zero-order valence-electron chi connectivity index (χ0n) is 10.9. The first kappa shape index (κ1) is 14.4. The largest absolute Gasteiger partial charge is 0.375 e. The molecule has 0 radical (unpaired) electrons. The van der Waals surface area contributed by atoms with E-state index >= 15 is 0 Å². The van der Waals surface area contributed by atoms with Gasteiger partial charge in [-0.3, -0.25) is 14.8 Å². The monoisotopic (exact) mass is 342 g/mol. The normalized spacial score (nSPS) is 10.6. The van der Waals surface area contributed by atoms with E-state index in [4.69, 9.17) is 0 Å². The third-order valence-corrected chi connectivity index (χ3v) is 3.65. The molecule has 0 bridgehead atoms. The van der Waals surface area contributed by atoms with Crippen LogP contribution in [0, 0.1) is 22.9 Å². The van der Waals surface area contributed by atoms with Crippen molar-refractivity contribution in [1.82, 2.24) is 9.78 Å². The number of nitro benzene ring substituents is 1. The number of rotatable bonds is 4. The van der Waals surface area contributed by atoms with E-state index in [2.05, 4.69) is 26.3 Å². The maximum Gasteiger partial charge on any atom is 0.293 e. The minimum Gasteiger partial charge on any atom is -0.375 e. The van der Waals surface area contributed by atoms with E-state index in [1.165, 1.54) is 0 Å². The third kappa shape index (κ3) is 2.79. The number of anilines is 1. The Bertz CT molecular complexity index is 672. The smallest absolute Gasteiger partial charge is 0.293 e. The van der Waals surface area contributed by atoms with Crippen LogP contribution >= 0.6 is 15.9 Å². The van der Waals surface area contributed by atoms with Crippen LogP contribution < -0.4 is 5.32 Å². The second kappa shape index (κ2) is 5.58. The summed E-state index contributed by atoms with van der Waals surface area (Å²) >= 11 is 2.94. The SMILES string of the molecule is Cc1c(CNc2cc(F)c(Br)cc2[N+](=O)[O-])cnn1C. The molecule has 0 saturated carbocycles. The molecule has 0 spiro atoms. The van der Waals surface area contributed by atoms with Crippen molar-refractivity contribution in [2.45, 2.75) is 13.5 Å². The maximum atomic E-state index is 13.5. The topological polar surface area (TPSA) is 73.0 Å². The Morgan fingerprint density at radius 3 is 2.80 bits per heavy atom. The molecule has 0 unspecified atom stereocenters. The fraction of sp³-hybridized carbons (Fsp3) is 0.250. The van der Waals surface area contributed by atoms with Crippen LogP contribution in [-0.4, -0.2) is 14.7 Å². The van der Waals surface area contributed by atoms with Gasteiger partial charge < -0.3 is 5.32 Å². The highest BCUT2D eigenvalue weighted by Crippen LogP contribution is 2.31. The van der Waals surface area contributed by atoms with E-state index < -0.39 is 10.7 Å². The van der Waals surface area contributed by atoms with Crippen molar-refractivity contribution in [3.05, 3.63) is 50.0 Å². The predicted octanol–water partition coefficient (Wildman–Crippen LogP) is 3.15. The molecule has 2 aromatic rings. The van der Waals surface area contributed by atoms with Crippen LogP contribution in [0.3, 0.4) is 0 Å². The van der Waals surface area contributed by atoms with Gasteiger partial charge in [-0.15, -0.1) is 0 Å². The molecule has 1 heterocycles. The van der Waals surface area contributed by atoms with Gasteiger partial charge in [-0.2, -0.15) is 5.10 Å². The van der Waals surface area contributed by atoms with Gasteiger partial charge in [0.2, 0.25) is 0 Å². The zero-order chi connectivity index (χ0) is 14.9. The molecule has 1 N–H and O–H groups in total. The fourth-order valence-electron chi connectivity index (χ4n) is 1.74. The van der Waals surface area contributed by atoms with Gasteiger partial charge >= 0.3 is 0 Å². The van der Waals surface area contributed by atoms with Gasteiger partial charge in [0.15, 0.2) is 0 Å². The molecule has 0 amide bonds. The molecule has 20 heavy (non-hydrogen) atoms. The Balaban J connectivity index is 2.27. The molecule has 1 aromatic carbocycles. The third-order valence-electron chi connectivity index (χ3n) is 3.04. The van der Waals surface area contributed by atoms with Gasteiger partial charge in [0.25, 0.3) is 5.69 Å². The number of aryl methyl sites for hydroxylation is 1. The van der Waals surface area contributed by atoms with E-state index in [-0.39, 0.29) is 15.8 Å². The fourth-order valence-corrected chi connectivity index (χ4v) is 2.07. The summed E-state index contributed by atoms with van der Waals surface area (Å²) in [5.41, 5.74) is 1.79. The summed E-state index contributed by atoms with van der Waals surface area (Å²) in [6.45, 7) is 2.22. The van der Waals surface area contributed by atoms with E-state index in [9.17, 15) is 14.5 Å². The van der Waals surface area contributed by atoms with Gasteiger partial charge in [-0.25, -0.2) is 4.39 Å². The summed E-state index contributed by atoms with van der Waals surface area (Å²) in [6.07, 6.45) is 1.67. The Kier molecular flexibility index (Phi) is 4.03. The lowest BCUT2D eigenvalue weighted by Crippen LogP contribution is -2.04. The lowest BCUT2D eigenvalue weighted by Gasteiger charge is -2.08. The van der Waals surface area contributed by atoms with Gasteiger partial charge in [0, 0.05) is 37.0 Å². The first-order valence-electron chi connectivity index (χ1n) is 5.75. The summed E-state index contributed by atoms with van der Waals surface area (Å²) in [5.74, 6) is -0.555. The molecule has 0 aliphatic carbocycles. The van der Waals surface area contributed by atoms with Crippen LogP contribution in [0.1, 0.15) is 11.3 Å². The molecular formula is C12H12BrFN4O2. The highest BCUT2D eigenvalue weighted by molar-refractivity contribution is 9.10. The number of halogens is 2.